The molecule has 6 fully saturated rings. The standard InChI is InChI=1S/C30H40FNO4/c1-29(2,3)26-7-6-24(28(34)35)32(26)27(33)22-11-21(20-4-5-20)25(12-23(22)31)36-16-30-13-17-8-18(14-30)10-19(9-17)15-30/h11-12,17-20,24,26H,4-10,13-16H2,1-3H3,(H,34,35). The number of halogens is 1. The van der Waals surface area contributed by atoms with E-state index >= 15 is 4.39 Å². The minimum Gasteiger partial charge on any atom is -0.493 e. The average Bonchev–Trinajstić information content (AvgIpc) is 3.51. The summed E-state index contributed by atoms with van der Waals surface area (Å²) < 4.78 is 22.0. The molecule has 36 heavy (non-hydrogen) atoms. The van der Waals surface area contributed by atoms with Gasteiger partial charge in [-0.05, 0) is 105 Å². The van der Waals surface area contributed by atoms with Gasteiger partial charge < -0.3 is 14.7 Å². The highest BCUT2D eigenvalue weighted by Crippen LogP contribution is 2.60. The van der Waals surface area contributed by atoms with Gasteiger partial charge in [-0.3, -0.25) is 4.79 Å². The summed E-state index contributed by atoms with van der Waals surface area (Å²) in [5, 5.41) is 9.81. The van der Waals surface area contributed by atoms with E-state index in [0.29, 0.717) is 25.2 Å². The Kier molecular flexibility index (Phi) is 5.69. The highest BCUT2D eigenvalue weighted by molar-refractivity contribution is 5.98. The van der Waals surface area contributed by atoms with E-state index in [1.54, 1.807) is 6.07 Å². The number of carbonyl (C=O) groups is 2. The van der Waals surface area contributed by atoms with Crippen molar-refractivity contribution >= 4 is 11.9 Å². The lowest BCUT2D eigenvalue weighted by Gasteiger charge is -2.56. The lowest BCUT2D eigenvalue weighted by Crippen LogP contribution is -2.49. The second-order valence-electron chi connectivity index (χ2n) is 13.9. The quantitative estimate of drug-likeness (QED) is 0.494. The van der Waals surface area contributed by atoms with Crippen LogP contribution in [0.15, 0.2) is 12.1 Å². The lowest BCUT2D eigenvalue weighted by molar-refractivity contribution is -0.142. The number of carbonyl (C=O) groups excluding carboxylic acids is 1. The topological polar surface area (TPSA) is 66.8 Å². The van der Waals surface area contributed by atoms with Crippen molar-refractivity contribution in [2.45, 2.75) is 103 Å². The van der Waals surface area contributed by atoms with Gasteiger partial charge in [0.25, 0.3) is 5.91 Å². The Morgan fingerprint density at radius 1 is 1.03 bits per heavy atom. The summed E-state index contributed by atoms with van der Waals surface area (Å²) in [7, 11) is 0. The van der Waals surface area contributed by atoms with Crippen molar-refractivity contribution in [1.82, 2.24) is 4.90 Å². The highest BCUT2D eigenvalue weighted by Gasteiger charge is 2.51. The molecule has 7 rings (SSSR count). The third-order valence-corrected chi connectivity index (χ3v) is 9.95. The summed E-state index contributed by atoms with van der Waals surface area (Å²) in [5.41, 5.74) is 0.839. The van der Waals surface area contributed by atoms with Crippen molar-refractivity contribution in [1.29, 1.82) is 0 Å². The van der Waals surface area contributed by atoms with Crippen LogP contribution in [0.4, 0.5) is 4.39 Å². The van der Waals surface area contributed by atoms with Crippen LogP contribution in [0.2, 0.25) is 0 Å². The minimum atomic E-state index is -1.02. The third-order valence-electron chi connectivity index (χ3n) is 9.95. The summed E-state index contributed by atoms with van der Waals surface area (Å²) in [6.07, 6.45) is 10.9. The molecule has 4 bridgehead atoms. The number of ether oxygens (including phenoxy) is 1. The highest BCUT2D eigenvalue weighted by atomic mass is 19.1. The van der Waals surface area contributed by atoms with Crippen LogP contribution in [0.3, 0.4) is 0 Å². The molecule has 1 amide bonds. The van der Waals surface area contributed by atoms with E-state index in [4.69, 9.17) is 4.74 Å². The minimum absolute atomic E-state index is 0.0125. The molecule has 5 nitrogen and oxygen atoms in total. The van der Waals surface area contributed by atoms with Gasteiger partial charge in [-0.15, -0.1) is 0 Å². The Labute approximate surface area is 213 Å². The van der Waals surface area contributed by atoms with Crippen molar-refractivity contribution in [2.24, 2.45) is 28.6 Å². The van der Waals surface area contributed by atoms with Crippen LogP contribution in [0.5, 0.6) is 5.75 Å². The first kappa shape index (κ1) is 24.2. The molecule has 2 atom stereocenters. The monoisotopic (exact) mass is 497 g/mol. The number of nitrogens with zero attached hydrogens (tertiary/aromatic N) is 1. The molecular formula is C30H40FNO4. The molecular weight excluding hydrogens is 457 g/mol. The molecule has 1 N–H and O–H groups in total. The zero-order valence-electron chi connectivity index (χ0n) is 21.9. The van der Waals surface area contributed by atoms with Crippen LogP contribution in [-0.4, -0.2) is 40.6 Å². The van der Waals surface area contributed by atoms with E-state index in [1.165, 1.54) is 49.5 Å². The Morgan fingerprint density at radius 2 is 1.64 bits per heavy atom. The maximum atomic E-state index is 15.6. The molecule has 1 aromatic carbocycles. The van der Waals surface area contributed by atoms with Gasteiger partial charge in [-0.25, -0.2) is 9.18 Å². The summed E-state index contributed by atoms with van der Waals surface area (Å²) in [6.45, 7) is 6.67. The molecule has 0 spiro atoms. The van der Waals surface area contributed by atoms with Crippen molar-refractivity contribution in [3.63, 3.8) is 0 Å². The van der Waals surface area contributed by atoms with Gasteiger partial charge in [0.2, 0.25) is 0 Å². The SMILES string of the molecule is CC(C)(C)C1CCC(C(=O)O)N1C(=O)c1cc(C2CC2)c(OCC23CC4CC(CC(C4)C2)C3)cc1F. The average molecular weight is 498 g/mol. The molecule has 2 unspecified atom stereocenters. The number of benzene rings is 1. The normalized spacial score (nSPS) is 35.3. The van der Waals surface area contributed by atoms with Crippen LogP contribution in [-0.2, 0) is 4.79 Å². The maximum Gasteiger partial charge on any atom is 0.326 e. The number of hydrogen-bond acceptors (Lipinski definition) is 3. The molecule has 1 aliphatic heterocycles. The van der Waals surface area contributed by atoms with Crippen molar-refractivity contribution < 1.29 is 23.8 Å². The second-order valence-corrected chi connectivity index (χ2v) is 13.9. The molecule has 6 heteroatoms. The van der Waals surface area contributed by atoms with Gasteiger partial charge in [-0.2, -0.15) is 0 Å². The lowest BCUT2D eigenvalue weighted by atomic mass is 9.50. The van der Waals surface area contributed by atoms with Crippen LogP contribution in [0, 0.1) is 34.4 Å². The zero-order valence-corrected chi connectivity index (χ0v) is 21.9. The number of hydrogen-bond donors (Lipinski definition) is 1. The first-order valence-corrected chi connectivity index (χ1v) is 14.0. The van der Waals surface area contributed by atoms with Crippen molar-refractivity contribution in [3.05, 3.63) is 29.1 Å². The van der Waals surface area contributed by atoms with Gasteiger partial charge in [0.1, 0.15) is 17.6 Å². The fourth-order valence-corrected chi connectivity index (χ4v) is 8.60. The second kappa shape index (κ2) is 8.46. The van der Waals surface area contributed by atoms with E-state index in [1.807, 2.05) is 20.8 Å². The largest absolute Gasteiger partial charge is 0.493 e. The fourth-order valence-electron chi connectivity index (χ4n) is 8.60. The summed E-state index contributed by atoms with van der Waals surface area (Å²) in [5.74, 6) is 1.24. The molecule has 1 saturated heterocycles. The molecule has 5 aliphatic carbocycles. The predicted molar refractivity (Wildman–Crippen MR) is 135 cm³/mol. The van der Waals surface area contributed by atoms with E-state index in [2.05, 4.69) is 0 Å². The molecule has 5 saturated carbocycles. The third kappa shape index (κ3) is 4.22. The zero-order chi connectivity index (χ0) is 25.4. The van der Waals surface area contributed by atoms with Gasteiger partial charge in [-0.1, -0.05) is 20.8 Å². The van der Waals surface area contributed by atoms with Gasteiger partial charge in [0.05, 0.1) is 12.2 Å². The number of carboxylic acid groups (broad SMARTS) is 1. The van der Waals surface area contributed by atoms with Crippen LogP contribution in [0.25, 0.3) is 0 Å². The number of likely N-dealkylation sites (tertiary alicyclic amines) is 1. The van der Waals surface area contributed by atoms with Crippen LogP contribution < -0.4 is 4.74 Å². The first-order valence-electron chi connectivity index (χ1n) is 14.0. The van der Waals surface area contributed by atoms with Crippen LogP contribution >= 0.6 is 0 Å². The summed E-state index contributed by atoms with van der Waals surface area (Å²) in [4.78, 5) is 27.1. The van der Waals surface area contributed by atoms with Crippen LogP contribution in [0.1, 0.15) is 107 Å². The van der Waals surface area contributed by atoms with Gasteiger partial charge in [0.15, 0.2) is 0 Å². The fraction of sp³-hybridized carbons (Fsp3) is 0.733. The predicted octanol–water partition coefficient (Wildman–Crippen LogP) is 6.40. The van der Waals surface area contributed by atoms with Crippen molar-refractivity contribution in [3.8, 4) is 5.75 Å². The molecule has 0 radical (unpaired) electrons. The Hall–Kier alpha value is -2.11. The molecule has 0 aromatic heterocycles. The Morgan fingerprint density at radius 3 is 2.17 bits per heavy atom. The number of carboxylic acids is 1. The maximum absolute atomic E-state index is 15.6. The number of rotatable bonds is 6. The van der Waals surface area contributed by atoms with E-state index in [-0.39, 0.29) is 28.4 Å². The van der Waals surface area contributed by atoms with E-state index in [0.717, 1.165) is 36.2 Å². The Balaban J connectivity index is 1.27. The first-order chi connectivity index (χ1) is 17.0. The Bertz CT molecular complexity index is 1040. The van der Waals surface area contributed by atoms with E-state index in [9.17, 15) is 14.7 Å². The van der Waals surface area contributed by atoms with Crippen molar-refractivity contribution in [2.75, 3.05) is 6.61 Å². The van der Waals surface area contributed by atoms with Gasteiger partial charge >= 0.3 is 5.97 Å². The summed E-state index contributed by atoms with van der Waals surface area (Å²) >= 11 is 0. The smallest absolute Gasteiger partial charge is 0.326 e. The molecule has 196 valence electrons. The number of aliphatic carboxylic acids is 1. The molecule has 1 heterocycles. The number of amides is 1. The summed E-state index contributed by atoms with van der Waals surface area (Å²) in [6, 6.07) is 1.93. The molecule has 1 aromatic rings. The van der Waals surface area contributed by atoms with E-state index < -0.39 is 23.7 Å². The molecule has 6 aliphatic rings. The van der Waals surface area contributed by atoms with Gasteiger partial charge in [0, 0.05) is 17.5 Å².